The van der Waals surface area contributed by atoms with Gasteiger partial charge < -0.3 is 9.80 Å². The van der Waals surface area contributed by atoms with Gasteiger partial charge in [-0.15, -0.1) is 0 Å². The van der Waals surface area contributed by atoms with Crippen LogP contribution >= 0.6 is 0 Å². The maximum Gasteiger partial charge on any atom is 0.0461 e. The van der Waals surface area contributed by atoms with Crippen molar-refractivity contribution in [2.45, 2.75) is 246 Å². The van der Waals surface area contributed by atoms with E-state index < -0.39 is 0 Å². The van der Waals surface area contributed by atoms with Crippen molar-refractivity contribution in [2.75, 3.05) is 9.80 Å². The molecule has 0 saturated heterocycles. The van der Waals surface area contributed by atoms with Crippen molar-refractivity contribution in [1.82, 2.24) is 0 Å². The van der Waals surface area contributed by atoms with Gasteiger partial charge in [-0.05, 0) is 348 Å². The van der Waals surface area contributed by atoms with Crippen LogP contribution in [0.2, 0.25) is 0 Å². The molecule has 448 valence electrons. The van der Waals surface area contributed by atoms with Gasteiger partial charge in [0.1, 0.15) is 0 Å². The van der Waals surface area contributed by atoms with E-state index in [9.17, 15) is 0 Å². The quantitative estimate of drug-likeness (QED) is 0.120. The van der Waals surface area contributed by atoms with E-state index in [1.165, 1.54) is 263 Å². The first-order valence-corrected chi connectivity index (χ1v) is 36.5. The highest BCUT2D eigenvalue weighted by molar-refractivity contribution is 5.78. The molecule has 0 aliphatic heterocycles. The molecule has 12 bridgehead atoms. The summed E-state index contributed by atoms with van der Waals surface area (Å²) in [5.74, 6) is 11.1. The fourth-order valence-corrected chi connectivity index (χ4v) is 24.2. The zero-order chi connectivity index (χ0) is 56.8. The van der Waals surface area contributed by atoms with Gasteiger partial charge in [0.25, 0.3) is 0 Å². The third-order valence-electron chi connectivity index (χ3n) is 27.0. The van der Waals surface area contributed by atoms with Crippen molar-refractivity contribution in [3.8, 4) is 0 Å². The minimum atomic E-state index is 0.455. The molecule has 0 amide bonds. The predicted octanol–water partition coefficient (Wildman–Crippen LogP) is 23.9. The highest BCUT2D eigenvalue weighted by Crippen LogP contribution is 2.64. The lowest BCUT2D eigenvalue weighted by molar-refractivity contribution is -0.00529. The van der Waals surface area contributed by atoms with Crippen LogP contribution in [0.4, 0.5) is 34.1 Å². The molecule has 6 aromatic rings. The Morgan fingerprint density at radius 2 is 0.384 bits per heavy atom. The molecule has 6 aromatic carbocycles. The number of nitrogens with zero attached hydrogens (tertiary/aromatic N) is 2. The van der Waals surface area contributed by atoms with Crippen LogP contribution in [0.3, 0.4) is 0 Å². The Kier molecular flexibility index (Phi) is 14.6. The van der Waals surface area contributed by atoms with Gasteiger partial charge in [0.15, 0.2) is 0 Å². The minimum Gasteiger partial charge on any atom is -0.311 e. The van der Waals surface area contributed by atoms with Crippen molar-refractivity contribution in [2.24, 2.45) is 53.3 Å². The van der Waals surface area contributed by atoms with E-state index in [0.29, 0.717) is 16.2 Å². The molecule has 15 aliphatic carbocycles. The summed E-state index contributed by atoms with van der Waals surface area (Å²) in [4.78, 5) is 5.07. The molecule has 0 spiro atoms. The molecule has 0 radical (unpaired) electrons. The lowest BCUT2D eigenvalue weighted by Gasteiger charge is -2.57. The first-order valence-electron chi connectivity index (χ1n) is 36.5. The van der Waals surface area contributed by atoms with Crippen LogP contribution in [0.15, 0.2) is 146 Å². The van der Waals surface area contributed by atoms with Crippen LogP contribution in [0.5, 0.6) is 0 Å². The standard InChI is InChI=1S/C48H57N.C36H45N/c1-7-43(8-2-40(1)46-22-31-13-32(23-46)15-33(14-31)24-46)49(44-9-3-41(4-10-44)47-25-34-16-35(26-47)18-36(17-34)27-47)45-11-5-42(6-12-45)48-28-37-19-38(29-48)21-39(20-37)30-48;1-4-10-28(11-5-1)31-16-22-34(23-17-31)37(35-24-18-32(19-25-35)29-12-6-2-7-13-29)36-26-20-33(21-27-36)30-14-8-3-9-15-30/h1-12,31-39H,13-30H2;16-30H,1-15H2. The van der Waals surface area contributed by atoms with E-state index in [4.69, 9.17) is 0 Å². The van der Waals surface area contributed by atoms with Crippen LogP contribution in [0.1, 0.15) is 263 Å². The summed E-state index contributed by atoms with van der Waals surface area (Å²) in [5.41, 5.74) is 18.7. The summed E-state index contributed by atoms with van der Waals surface area (Å²) in [5, 5.41) is 0. The molecule has 0 N–H and O–H groups in total. The van der Waals surface area contributed by atoms with Gasteiger partial charge in [0.05, 0.1) is 0 Å². The molecular weight excluding hydrogens is 1040 g/mol. The number of anilines is 6. The second kappa shape index (κ2) is 22.7. The fourth-order valence-electron chi connectivity index (χ4n) is 24.2. The highest BCUT2D eigenvalue weighted by Gasteiger charge is 2.54. The van der Waals surface area contributed by atoms with Gasteiger partial charge in [-0.25, -0.2) is 0 Å². The van der Waals surface area contributed by atoms with Crippen LogP contribution in [0.25, 0.3) is 0 Å². The maximum atomic E-state index is 2.59. The Hall–Kier alpha value is -5.08. The predicted molar refractivity (Wildman–Crippen MR) is 359 cm³/mol. The lowest BCUT2D eigenvalue weighted by Crippen LogP contribution is -2.48. The molecule has 2 nitrogen and oxygen atoms in total. The van der Waals surface area contributed by atoms with Crippen molar-refractivity contribution >= 4 is 34.1 Å². The van der Waals surface area contributed by atoms with Gasteiger partial charge >= 0.3 is 0 Å². The average molecular weight is 1140 g/mol. The Morgan fingerprint density at radius 1 is 0.209 bits per heavy atom. The Bertz CT molecular complexity index is 2810. The van der Waals surface area contributed by atoms with Gasteiger partial charge in [0, 0.05) is 34.1 Å². The molecular formula is C84H102N2. The molecule has 2 heteroatoms. The van der Waals surface area contributed by atoms with Gasteiger partial charge in [-0.1, -0.05) is 131 Å². The molecule has 0 unspecified atom stereocenters. The fraction of sp³-hybridized carbons (Fsp3) is 0.571. The van der Waals surface area contributed by atoms with E-state index in [2.05, 4.69) is 155 Å². The lowest BCUT2D eigenvalue weighted by atomic mass is 9.48. The van der Waals surface area contributed by atoms with Crippen LogP contribution in [0, 0.1) is 53.3 Å². The summed E-state index contributed by atoms with van der Waals surface area (Å²) in [7, 11) is 0. The number of benzene rings is 6. The van der Waals surface area contributed by atoms with E-state index >= 15 is 0 Å². The topological polar surface area (TPSA) is 6.48 Å². The zero-order valence-electron chi connectivity index (χ0n) is 52.5. The summed E-state index contributed by atoms with van der Waals surface area (Å²) in [6.45, 7) is 0. The largest absolute Gasteiger partial charge is 0.311 e. The minimum absolute atomic E-state index is 0.455. The number of hydrogen-bond acceptors (Lipinski definition) is 2. The number of hydrogen-bond donors (Lipinski definition) is 0. The van der Waals surface area contributed by atoms with Crippen LogP contribution in [-0.2, 0) is 16.2 Å². The summed E-state index contributed by atoms with van der Waals surface area (Å²) in [6.07, 6.45) is 47.4. The normalized spacial score (nSPS) is 34.3. The second-order valence-electron chi connectivity index (χ2n) is 32.7. The summed E-state index contributed by atoms with van der Waals surface area (Å²) in [6, 6.07) is 59.0. The Balaban J connectivity index is 0.000000140. The van der Waals surface area contributed by atoms with Crippen molar-refractivity contribution in [3.63, 3.8) is 0 Å². The molecule has 15 fully saturated rings. The first-order chi connectivity index (χ1) is 42.3. The van der Waals surface area contributed by atoms with E-state index in [1.807, 2.05) is 0 Å². The zero-order valence-corrected chi connectivity index (χ0v) is 52.5. The summed E-state index contributed by atoms with van der Waals surface area (Å²) < 4.78 is 0. The molecule has 86 heavy (non-hydrogen) atoms. The molecule has 0 aromatic heterocycles. The Labute approximate surface area is 519 Å². The van der Waals surface area contributed by atoms with Crippen LogP contribution < -0.4 is 9.80 Å². The third-order valence-corrected chi connectivity index (χ3v) is 27.0. The first kappa shape index (κ1) is 55.0. The van der Waals surface area contributed by atoms with Crippen molar-refractivity contribution < 1.29 is 0 Å². The summed E-state index contributed by atoms with van der Waals surface area (Å²) >= 11 is 0. The van der Waals surface area contributed by atoms with E-state index in [-0.39, 0.29) is 0 Å². The van der Waals surface area contributed by atoms with Gasteiger partial charge in [0.2, 0.25) is 0 Å². The molecule has 0 atom stereocenters. The smallest absolute Gasteiger partial charge is 0.0461 e. The van der Waals surface area contributed by atoms with Gasteiger partial charge in [-0.3, -0.25) is 0 Å². The van der Waals surface area contributed by atoms with E-state index in [0.717, 1.165) is 71.0 Å². The Morgan fingerprint density at radius 3 is 0.570 bits per heavy atom. The van der Waals surface area contributed by atoms with Crippen molar-refractivity contribution in [3.05, 3.63) is 179 Å². The van der Waals surface area contributed by atoms with Gasteiger partial charge in [-0.2, -0.15) is 0 Å². The monoisotopic (exact) mass is 1140 g/mol. The second-order valence-corrected chi connectivity index (χ2v) is 32.7. The average Bonchev–Trinajstić information content (AvgIpc) is 1.19. The highest BCUT2D eigenvalue weighted by atomic mass is 15.1. The maximum absolute atomic E-state index is 2.59. The SMILES string of the molecule is c1cc(C23CC4CC(CC(C4)C2)C3)ccc1N(c1ccc(C23CC4CC(CC(C4)C2)C3)cc1)c1ccc(C23CC4CC(CC(C4)C2)C3)cc1.c1cc(N(c2ccc(C3CCCCC3)cc2)c2ccc(C3CCCCC3)cc2)ccc1C1CCCCC1. The molecule has 21 rings (SSSR count). The molecule has 15 saturated carbocycles. The molecule has 15 aliphatic rings. The van der Waals surface area contributed by atoms with E-state index in [1.54, 1.807) is 16.7 Å². The molecule has 0 heterocycles. The third kappa shape index (κ3) is 10.5. The van der Waals surface area contributed by atoms with Crippen molar-refractivity contribution in [1.29, 1.82) is 0 Å². The van der Waals surface area contributed by atoms with Crippen LogP contribution in [-0.4, -0.2) is 0 Å². The number of rotatable bonds is 12.